The van der Waals surface area contributed by atoms with Gasteiger partial charge in [0.1, 0.15) is 17.4 Å². The number of nitrogens with zero attached hydrogens (tertiary/aromatic N) is 1. The molecule has 0 bridgehead atoms. The first kappa shape index (κ1) is 13.6. The van der Waals surface area contributed by atoms with Crippen LogP contribution in [-0.4, -0.2) is 14.2 Å². The largest absolute Gasteiger partial charge is 0.494 e. The maximum atomic E-state index is 14.1. The average molecular weight is 265 g/mol. The first-order valence-corrected chi connectivity index (χ1v) is 6.19. The Kier molecular flexibility index (Phi) is 3.60. The molecule has 1 aliphatic rings. The number of methoxy groups -OCH3 is 1. The standard InChI is InChI=1S/C15H17F2NO/c1-5-6-11-14-12(17)7-10(16)8-13(14)18(3)9(2)15(11)19-4/h6-8H,5H2,1-4H3/b11-6+. The molecule has 4 heteroatoms. The number of hydrogen-bond donors (Lipinski definition) is 0. The van der Waals surface area contributed by atoms with E-state index in [9.17, 15) is 8.78 Å². The van der Waals surface area contributed by atoms with Crippen LogP contribution in [0.4, 0.5) is 14.5 Å². The first-order chi connectivity index (χ1) is 9.01. The predicted octanol–water partition coefficient (Wildman–Crippen LogP) is 4.09. The topological polar surface area (TPSA) is 12.5 Å². The number of halogens is 2. The summed E-state index contributed by atoms with van der Waals surface area (Å²) in [4.78, 5) is 1.74. The van der Waals surface area contributed by atoms with Crippen molar-refractivity contribution in [1.82, 2.24) is 0 Å². The van der Waals surface area contributed by atoms with E-state index >= 15 is 0 Å². The summed E-state index contributed by atoms with van der Waals surface area (Å²) in [5, 5.41) is 0. The molecule has 2 nitrogen and oxygen atoms in total. The summed E-state index contributed by atoms with van der Waals surface area (Å²) < 4.78 is 32.9. The van der Waals surface area contributed by atoms with Gasteiger partial charge in [-0.3, -0.25) is 0 Å². The summed E-state index contributed by atoms with van der Waals surface area (Å²) in [7, 11) is 3.33. The summed E-state index contributed by atoms with van der Waals surface area (Å²) in [6.45, 7) is 3.84. The van der Waals surface area contributed by atoms with Crippen molar-refractivity contribution < 1.29 is 13.5 Å². The Hall–Kier alpha value is -1.84. The normalized spacial score (nSPS) is 16.9. The monoisotopic (exact) mass is 265 g/mol. The molecule has 0 saturated carbocycles. The van der Waals surface area contributed by atoms with E-state index in [4.69, 9.17) is 4.74 Å². The van der Waals surface area contributed by atoms with Gasteiger partial charge in [0.2, 0.25) is 0 Å². The van der Waals surface area contributed by atoms with Gasteiger partial charge in [0.25, 0.3) is 0 Å². The third-order valence-electron chi connectivity index (χ3n) is 3.35. The van der Waals surface area contributed by atoms with E-state index in [1.54, 1.807) is 19.1 Å². The maximum absolute atomic E-state index is 14.1. The van der Waals surface area contributed by atoms with E-state index in [1.165, 1.54) is 6.07 Å². The van der Waals surface area contributed by atoms with E-state index in [-0.39, 0.29) is 0 Å². The SMILES string of the molecule is CC/C=C1/C(OC)=C(C)N(C)c2cc(F)cc(F)c21. The average Bonchev–Trinajstić information content (AvgIpc) is 2.35. The summed E-state index contributed by atoms with van der Waals surface area (Å²) in [6.07, 6.45) is 2.64. The van der Waals surface area contributed by atoms with E-state index in [2.05, 4.69) is 0 Å². The fraction of sp³-hybridized carbons (Fsp3) is 0.333. The number of allylic oxidation sites excluding steroid dienone is 3. The minimum atomic E-state index is -0.576. The zero-order valence-corrected chi connectivity index (χ0v) is 11.6. The van der Waals surface area contributed by atoms with E-state index in [1.807, 2.05) is 19.9 Å². The van der Waals surface area contributed by atoms with Crippen LogP contribution in [0, 0.1) is 11.6 Å². The lowest BCUT2D eigenvalue weighted by Gasteiger charge is -2.32. The quantitative estimate of drug-likeness (QED) is 0.798. The number of ether oxygens (including phenoxy) is 1. The Morgan fingerprint density at radius 3 is 2.58 bits per heavy atom. The molecule has 2 rings (SSSR count). The van der Waals surface area contributed by atoms with Crippen LogP contribution in [0.5, 0.6) is 0 Å². The molecule has 0 unspecified atom stereocenters. The van der Waals surface area contributed by atoms with Gasteiger partial charge in [-0.15, -0.1) is 0 Å². The molecular weight excluding hydrogens is 248 g/mol. The van der Waals surface area contributed by atoms with Crippen LogP contribution in [0.2, 0.25) is 0 Å². The van der Waals surface area contributed by atoms with Gasteiger partial charge < -0.3 is 9.64 Å². The number of fused-ring (bicyclic) bond motifs is 1. The zero-order chi connectivity index (χ0) is 14.2. The van der Waals surface area contributed by atoms with Gasteiger partial charge in [-0.25, -0.2) is 8.78 Å². The van der Waals surface area contributed by atoms with Crippen molar-refractivity contribution in [2.24, 2.45) is 0 Å². The van der Waals surface area contributed by atoms with Crippen molar-refractivity contribution in [3.8, 4) is 0 Å². The minimum absolute atomic E-state index is 0.396. The van der Waals surface area contributed by atoms with Crippen LogP contribution in [0.1, 0.15) is 25.8 Å². The number of hydrogen-bond acceptors (Lipinski definition) is 2. The highest BCUT2D eigenvalue weighted by atomic mass is 19.1. The Balaban J connectivity index is 2.77. The number of benzene rings is 1. The van der Waals surface area contributed by atoms with Crippen LogP contribution in [-0.2, 0) is 4.74 Å². The van der Waals surface area contributed by atoms with Gasteiger partial charge in [0.15, 0.2) is 0 Å². The molecule has 1 aromatic rings. The molecular formula is C15H17F2NO. The lowest BCUT2D eigenvalue weighted by atomic mass is 9.94. The van der Waals surface area contributed by atoms with Gasteiger partial charge in [-0.1, -0.05) is 13.0 Å². The van der Waals surface area contributed by atoms with Crippen LogP contribution in [0.3, 0.4) is 0 Å². The molecule has 0 amide bonds. The lowest BCUT2D eigenvalue weighted by Crippen LogP contribution is -2.24. The lowest BCUT2D eigenvalue weighted by molar-refractivity contribution is 0.304. The molecule has 102 valence electrons. The minimum Gasteiger partial charge on any atom is -0.494 e. The Morgan fingerprint density at radius 2 is 2.00 bits per heavy atom. The second kappa shape index (κ2) is 5.03. The molecule has 1 aliphatic heterocycles. The van der Waals surface area contributed by atoms with Gasteiger partial charge in [-0.05, 0) is 19.4 Å². The Morgan fingerprint density at radius 1 is 1.32 bits per heavy atom. The Bertz CT molecular complexity index is 576. The second-order valence-corrected chi connectivity index (χ2v) is 4.49. The van der Waals surface area contributed by atoms with Gasteiger partial charge in [0, 0.05) is 24.3 Å². The van der Waals surface area contributed by atoms with E-state index in [0.29, 0.717) is 22.6 Å². The fourth-order valence-corrected chi connectivity index (χ4v) is 2.39. The third kappa shape index (κ3) is 2.11. The van der Waals surface area contributed by atoms with Crippen molar-refractivity contribution in [3.63, 3.8) is 0 Å². The fourth-order valence-electron chi connectivity index (χ4n) is 2.39. The molecule has 0 aromatic heterocycles. The molecule has 0 fully saturated rings. The molecule has 1 heterocycles. The van der Waals surface area contributed by atoms with Crippen molar-refractivity contribution in [3.05, 3.63) is 46.9 Å². The van der Waals surface area contributed by atoms with Gasteiger partial charge >= 0.3 is 0 Å². The molecule has 0 N–H and O–H groups in total. The van der Waals surface area contributed by atoms with Crippen LogP contribution in [0.25, 0.3) is 5.57 Å². The second-order valence-electron chi connectivity index (χ2n) is 4.49. The zero-order valence-electron chi connectivity index (χ0n) is 11.6. The highest BCUT2D eigenvalue weighted by molar-refractivity contribution is 5.89. The summed E-state index contributed by atoms with van der Waals surface area (Å²) in [5.41, 5.74) is 2.44. The first-order valence-electron chi connectivity index (χ1n) is 6.19. The smallest absolute Gasteiger partial charge is 0.145 e. The molecule has 1 aromatic carbocycles. The molecule has 19 heavy (non-hydrogen) atoms. The van der Waals surface area contributed by atoms with Crippen molar-refractivity contribution in [1.29, 1.82) is 0 Å². The predicted molar refractivity (Wildman–Crippen MR) is 72.7 cm³/mol. The summed E-state index contributed by atoms with van der Waals surface area (Å²) in [5.74, 6) is -0.515. The van der Waals surface area contributed by atoms with Gasteiger partial charge in [0.05, 0.1) is 18.5 Å². The highest BCUT2D eigenvalue weighted by Crippen LogP contribution is 2.41. The number of rotatable bonds is 2. The van der Waals surface area contributed by atoms with Crippen LogP contribution in [0.15, 0.2) is 29.7 Å². The third-order valence-corrected chi connectivity index (χ3v) is 3.35. The molecule has 0 aliphatic carbocycles. The maximum Gasteiger partial charge on any atom is 0.145 e. The highest BCUT2D eigenvalue weighted by Gasteiger charge is 2.28. The molecule has 0 spiro atoms. The number of anilines is 1. The van der Waals surface area contributed by atoms with Crippen LogP contribution >= 0.6 is 0 Å². The van der Waals surface area contributed by atoms with E-state index in [0.717, 1.165) is 18.2 Å². The van der Waals surface area contributed by atoms with Gasteiger partial charge in [-0.2, -0.15) is 0 Å². The van der Waals surface area contributed by atoms with Crippen molar-refractivity contribution in [2.75, 3.05) is 19.1 Å². The summed E-state index contributed by atoms with van der Waals surface area (Å²) in [6, 6.07) is 2.25. The Labute approximate surface area is 112 Å². The molecule has 0 radical (unpaired) electrons. The summed E-state index contributed by atoms with van der Waals surface area (Å²) >= 11 is 0. The van der Waals surface area contributed by atoms with Crippen molar-refractivity contribution >= 4 is 11.3 Å². The van der Waals surface area contributed by atoms with Crippen LogP contribution < -0.4 is 4.90 Å². The van der Waals surface area contributed by atoms with Crippen molar-refractivity contribution in [2.45, 2.75) is 20.3 Å². The molecule has 0 saturated heterocycles. The van der Waals surface area contributed by atoms with E-state index < -0.39 is 11.6 Å². The molecule has 0 atom stereocenters.